The second-order valence-electron chi connectivity index (χ2n) is 5.49. The zero-order valence-corrected chi connectivity index (χ0v) is 12.4. The van der Waals surface area contributed by atoms with Crippen molar-refractivity contribution in [1.82, 2.24) is 5.01 Å². The Morgan fingerprint density at radius 2 is 1.90 bits per heavy atom. The summed E-state index contributed by atoms with van der Waals surface area (Å²) in [6.45, 7) is 2.07. The van der Waals surface area contributed by atoms with Gasteiger partial charge in [-0.2, -0.15) is 5.10 Å². The fourth-order valence-corrected chi connectivity index (χ4v) is 3.16. The van der Waals surface area contributed by atoms with Gasteiger partial charge < -0.3 is 4.74 Å². The molecule has 0 N–H and O–H groups in total. The van der Waals surface area contributed by atoms with E-state index in [4.69, 9.17) is 16.3 Å². The molecule has 0 radical (unpaired) electrons. The van der Waals surface area contributed by atoms with Crippen LogP contribution < -0.4 is 4.74 Å². The van der Waals surface area contributed by atoms with E-state index >= 15 is 0 Å². The van der Waals surface area contributed by atoms with E-state index in [-0.39, 0.29) is 12.3 Å². The predicted molar refractivity (Wildman–Crippen MR) is 83.6 cm³/mol. The number of halogens is 1. The van der Waals surface area contributed by atoms with Crippen LogP contribution in [0.1, 0.15) is 36.7 Å². The fourth-order valence-electron chi connectivity index (χ4n) is 3.03. The van der Waals surface area contributed by atoms with Crippen LogP contribution in [-0.2, 0) is 0 Å². The maximum absolute atomic E-state index is 6.20. The second kappa shape index (κ2) is 4.78. The molecule has 21 heavy (non-hydrogen) atoms. The van der Waals surface area contributed by atoms with E-state index in [2.05, 4.69) is 29.2 Å². The SMILES string of the molecule is CC1=NN2[C@@H](c3ccc(Cl)cc3)Oc3ccccc3[C@@H]2C1. The normalized spacial score (nSPS) is 23.1. The van der Waals surface area contributed by atoms with Crippen LogP contribution in [0.25, 0.3) is 0 Å². The van der Waals surface area contributed by atoms with Crippen molar-refractivity contribution >= 4 is 17.3 Å². The number of hydrazone groups is 1. The molecule has 2 heterocycles. The molecule has 106 valence electrons. The molecule has 2 aromatic carbocycles. The third kappa shape index (κ3) is 2.09. The standard InChI is InChI=1S/C17H15ClN2O/c1-11-10-15-14-4-2-3-5-16(14)21-17(20(15)19-11)12-6-8-13(18)9-7-12/h2-9,15,17H,10H2,1H3/t15-,17+/m0/s1. The first kappa shape index (κ1) is 12.7. The fraction of sp³-hybridized carbons (Fsp3) is 0.235. The van der Waals surface area contributed by atoms with Crippen LogP contribution in [0.3, 0.4) is 0 Å². The zero-order chi connectivity index (χ0) is 14.4. The molecule has 0 saturated carbocycles. The lowest BCUT2D eigenvalue weighted by Crippen LogP contribution is -2.33. The third-order valence-corrected chi connectivity index (χ3v) is 4.26. The molecular weight excluding hydrogens is 284 g/mol. The molecule has 0 amide bonds. The number of ether oxygens (including phenoxy) is 1. The predicted octanol–water partition coefficient (Wildman–Crippen LogP) is 4.55. The van der Waals surface area contributed by atoms with E-state index in [1.165, 1.54) is 5.56 Å². The van der Waals surface area contributed by atoms with E-state index in [0.29, 0.717) is 0 Å². The quantitative estimate of drug-likeness (QED) is 0.771. The van der Waals surface area contributed by atoms with Crippen LogP contribution in [0.5, 0.6) is 5.75 Å². The summed E-state index contributed by atoms with van der Waals surface area (Å²) < 4.78 is 6.20. The highest BCUT2D eigenvalue weighted by atomic mass is 35.5. The van der Waals surface area contributed by atoms with Gasteiger partial charge in [0.15, 0.2) is 0 Å². The van der Waals surface area contributed by atoms with Gasteiger partial charge in [0, 0.05) is 28.3 Å². The number of rotatable bonds is 1. The van der Waals surface area contributed by atoms with E-state index in [1.54, 1.807) is 0 Å². The van der Waals surface area contributed by atoms with Crippen LogP contribution >= 0.6 is 11.6 Å². The minimum absolute atomic E-state index is 0.195. The van der Waals surface area contributed by atoms with Crippen molar-refractivity contribution in [3.63, 3.8) is 0 Å². The van der Waals surface area contributed by atoms with Gasteiger partial charge in [0.1, 0.15) is 5.75 Å². The largest absolute Gasteiger partial charge is 0.464 e. The molecule has 0 bridgehead atoms. The molecular formula is C17H15ClN2O. The van der Waals surface area contributed by atoms with Gasteiger partial charge in [0.2, 0.25) is 6.23 Å². The molecule has 3 nitrogen and oxygen atoms in total. The molecule has 0 spiro atoms. The van der Waals surface area contributed by atoms with Crippen molar-refractivity contribution in [3.8, 4) is 5.75 Å². The Balaban J connectivity index is 1.80. The average Bonchev–Trinajstić information content (AvgIpc) is 2.89. The van der Waals surface area contributed by atoms with E-state index < -0.39 is 0 Å². The monoisotopic (exact) mass is 298 g/mol. The van der Waals surface area contributed by atoms with Gasteiger partial charge in [0.25, 0.3) is 0 Å². The lowest BCUT2D eigenvalue weighted by Gasteiger charge is -2.38. The van der Waals surface area contributed by atoms with Gasteiger partial charge >= 0.3 is 0 Å². The van der Waals surface area contributed by atoms with Gasteiger partial charge in [0.05, 0.1) is 6.04 Å². The van der Waals surface area contributed by atoms with E-state index in [9.17, 15) is 0 Å². The summed E-state index contributed by atoms with van der Waals surface area (Å²) in [5.41, 5.74) is 3.42. The van der Waals surface area contributed by atoms with Gasteiger partial charge in [-0.3, -0.25) is 0 Å². The number of nitrogens with zero attached hydrogens (tertiary/aromatic N) is 2. The maximum atomic E-state index is 6.20. The van der Waals surface area contributed by atoms with Gasteiger partial charge in [-0.15, -0.1) is 0 Å². The summed E-state index contributed by atoms with van der Waals surface area (Å²) in [6, 6.07) is 16.3. The number of para-hydroxylation sites is 1. The Hall–Kier alpha value is -2.00. The van der Waals surface area contributed by atoms with Crippen molar-refractivity contribution in [2.75, 3.05) is 0 Å². The first-order valence-corrected chi connectivity index (χ1v) is 7.43. The lowest BCUT2D eigenvalue weighted by molar-refractivity contribution is -0.0190. The molecule has 2 aliphatic rings. The summed E-state index contributed by atoms with van der Waals surface area (Å²) in [6.07, 6.45) is 0.754. The number of fused-ring (bicyclic) bond motifs is 3. The highest BCUT2D eigenvalue weighted by Gasteiger charge is 2.39. The Morgan fingerprint density at radius 1 is 1.14 bits per heavy atom. The second-order valence-corrected chi connectivity index (χ2v) is 5.93. The Labute approximate surface area is 128 Å². The number of benzene rings is 2. The van der Waals surface area contributed by atoms with E-state index in [0.717, 1.165) is 28.5 Å². The van der Waals surface area contributed by atoms with Crippen molar-refractivity contribution in [2.45, 2.75) is 25.6 Å². The Kier molecular flexibility index (Phi) is 2.89. The van der Waals surface area contributed by atoms with E-state index in [1.807, 2.05) is 36.4 Å². The summed E-state index contributed by atoms with van der Waals surface area (Å²) in [4.78, 5) is 0. The average molecular weight is 299 g/mol. The first-order chi connectivity index (χ1) is 10.2. The number of hydrogen-bond acceptors (Lipinski definition) is 3. The first-order valence-electron chi connectivity index (χ1n) is 7.06. The van der Waals surface area contributed by atoms with Crippen LogP contribution in [0.2, 0.25) is 5.02 Å². The zero-order valence-electron chi connectivity index (χ0n) is 11.7. The van der Waals surface area contributed by atoms with Gasteiger partial charge in [-0.05, 0) is 25.1 Å². The van der Waals surface area contributed by atoms with Gasteiger partial charge in [-0.25, -0.2) is 5.01 Å². The molecule has 2 atom stereocenters. The third-order valence-electron chi connectivity index (χ3n) is 4.01. The molecule has 4 heteroatoms. The van der Waals surface area contributed by atoms with Crippen molar-refractivity contribution < 1.29 is 4.74 Å². The molecule has 2 aliphatic heterocycles. The molecule has 0 saturated heterocycles. The van der Waals surface area contributed by atoms with Gasteiger partial charge in [-0.1, -0.05) is 41.9 Å². The topological polar surface area (TPSA) is 24.8 Å². The van der Waals surface area contributed by atoms with Crippen LogP contribution in [-0.4, -0.2) is 10.7 Å². The van der Waals surface area contributed by atoms with Crippen LogP contribution in [0, 0.1) is 0 Å². The minimum Gasteiger partial charge on any atom is -0.464 e. The summed E-state index contributed by atoms with van der Waals surface area (Å²) in [7, 11) is 0. The Bertz CT molecular complexity index is 711. The maximum Gasteiger partial charge on any atom is 0.213 e. The number of hydrogen-bond donors (Lipinski definition) is 0. The Morgan fingerprint density at radius 3 is 2.71 bits per heavy atom. The summed E-state index contributed by atoms with van der Waals surface area (Å²) in [5, 5.41) is 7.48. The smallest absolute Gasteiger partial charge is 0.213 e. The molecule has 0 fully saturated rings. The van der Waals surface area contributed by atoms with Crippen LogP contribution in [0.15, 0.2) is 53.6 Å². The molecule has 0 aliphatic carbocycles. The molecule has 0 aromatic heterocycles. The summed E-state index contributed by atoms with van der Waals surface area (Å²) in [5.74, 6) is 0.948. The highest BCUT2D eigenvalue weighted by Crippen LogP contribution is 2.46. The van der Waals surface area contributed by atoms with Crippen LogP contribution in [0.4, 0.5) is 0 Å². The molecule has 2 aromatic rings. The molecule has 0 unspecified atom stereocenters. The van der Waals surface area contributed by atoms with Crippen molar-refractivity contribution in [3.05, 3.63) is 64.7 Å². The van der Waals surface area contributed by atoms with Crippen molar-refractivity contribution in [2.24, 2.45) is 5.10 Å². The minimum atomic E-state index is -0.195. The highest BCUT2D eigenvalue weighted by molar-refractivity contribution is 6.30. The van der Waals surface area contributed by atoms with Crippen molar-refractivity contribution in [1.29, 1.82) is 0 Å². The molecule has 4 rings (SSSR count). The summed E-state index contributed by atoms with van der Waals surface area (Å²) >= 11 is 5.98. The lowest BCUT2D eigenvalue weighted by atomic mass is 9.98.